The van der Waals surface area contributed by atoms with Crippen molar-refractivity contribution in [3.63, 3.8) is 0 Å². The topological polar surface area (TPSA) is 29.5 Å². The Morgan fingerprint density at radius 1 is 1.06 bits per heavy atom. The van der Waals surface area contributed by atoms with Crippen LogP contribution in [-0.4, -0.2) is 18.8 Å². The molecular formula is C15H24O2. The highest BCUT2D eigenvalue weighted by atomic mass is 16.5. The Morgan fingerprint density at radius 3 is 1.82 bits per heavy atom. The molecule has 0 unspecified atom stereocenters. The van der Waals surface area contributed by atoms with Gasteiger partial charge >= 0.3 is 0 Å². The lowest BCUT2D eigenvalue weighted by molar-refractivity contribution is 0.299. The molecule has 0 spiro atoms. The lowest BCUT2D eigenvalue weighted by Gasteiger charge is -2.20. The van der Waals surface area contributed by atoms with Gasteiger partial charge in [0.1, 0.15) is 5.75 Å². The number of hydrogen-bond donors (Lipinski definition) is 1. The minimum Gasteiger partial charge on any atom is -0.496 e. The molecule has 1 aromatic rings. The van der Waals surface area contributed by atoms with Gasteiger partial charge in [-0.25, -0.2) is 0 Å². The molecule has 0 saturated carbocycles. The molecule has 1 rings (SSSR count). The van der Waals surface area contributed by atoms with Crippen LogP contribution in [0.3, 0.4) is 0 Å². The molecule has 0 heterocycles. The van der Waals surface area contributed by atoms with Gasteiger partial charge < -0.3 is 9.84 Å². The van der Waals surface area contributed by atoms with Gasteiger partial charge in [0, 0.05) is 6.61 Å². The third-order valence-electron chi connectivity index (χ3n) is 3.05. The standard InChI is InChI=1S/C15H24O2/c1-10(2)13-8-12(6-7-16)9-14(11(3)4)15(13)17-5/h8-11,16H,6-7H2,1-5H3. The van der Waals surface area contributed by atoms with Crippen LogP contribution in [0.1, 0.15) is 56.2 Å². The Kier molecular flexibility index (Phi) is 5.01. The van der Waals surface area contributed by atoms with Crippen LogP contribution < -0.4 is 4.74 Å². The van der Waals surface area contributed by atoms with E-state index in [1.807, 2.05) is 0 Å². The fourth-order valence-corrected chi connectivity index (χ4v) is 2.11. The molecule has 0 bridgehead atoms. The summed E-state index contributed by atoms with van der Waals surface area (Å²) in [5, 5.41) is 9.07. The smallest absolute Gasteiger partial charge is 0.125 e. The van der Waals surface area contributed by atoms with Gasteiger partial charge in [0.05, 0.1) is 7.11 Å². The Bertz CT molecular complexity index is 338. The molecule has 0 aliphatic carbocycles. The van der Waals surface area contributed by atoms with Crippen LogP contribution >= 0.6 is 0 Å². The molecule has 1 N–H and O–H groups in total. The van der Waals surface area contributed by atoms with Gasteiger partial charge in [0.25, 0.3) is 0 Å². The fraction of sp³-hybridized carbons (Fsp3) is 0.600. The number of aliphatic hydroxyl groups excluding tert-OH is 1. The Labute approximate surface area is 105 Å². The van der Waals surface area contributed by atoms with Crippen molar-refractivity contribution in [1.29, 1.82) is 0 Å². The number of methoxy groups -OCH3 is 1. The quantitative estimate of drug-likeness (QED) is 0.848. The minimum absolute atomic E-state index is 0.196. The van der Waals surface area contributed by atoms with Crippen molar-refractivity contribution < 1.29 is 9.84 Å². The molecule has 0 radical (unpaired) electrons. The van der Waals surface area contributed by atoms with Gasteiger partial charge in [0.2, 0.25) is 0 Å². The molecule has 2 nitrogen and oxygen atoms in total. The van der Waals surface area contributed by atoms with E-state index in [2.05, 4.69) is 39.8 Å². The minimum atomic E-state index is 0.196. The molecule has 2 heteroatoms. The third kappa shape index (κ3) is 3.22. The van der Waals surface area contributed by atoms with Gasteiger partial charge in [-0.2, -0.15) is 0 Å². The molecule has 0 aliphatic heterocycles. The maximum absolute atomic E-state index is 9.07. The number of ether oxygens (including phenoxy) is 1. The molecule has 0 saturated heterocycles. The largest absolute Gasteiger partial charge is 0.496 e. The fourth-order valence-electron chi connectivity index (χ4n) is 2.11. The van der Waals surface area contributed by atoms with Crippen molar-refractivity contribution in [2.45, 2.75) is 46.0 Å². The molecule has 0 fully saturated rings. The first-order valence-corrected chi connectivity index (χ1v) is 6.32. The van der Waals surface area contributed by atoms with E-state index in [4.69, 9.17) is 9.84 Å². The average molecular weight is 236 g/mol. The third-order valence-corrected chi connectivity index (χ3v) is 3.05. The molecule has 96 valence electrons. The van der Waals surface area contributed by atoms with Crippen LogP contribution in [0.4, 0.5) is 0 Å². The highest BCUT2D eigenvalue weighted by molar-refractivity contribution is 5.47. The summed E-state index contributed by atoms with van der Waals surface area (Å²) in [6.45, 7) is 8.88. The van der Waals surface area contributed by atoms with Crippen LogP contribution in [0.2, 0.25) is 0 Å². The van der Waals surface area contributed by atoms with Crippen LogP contribution in [0.15, 0.2) is 12.1 Å². The van der Waals surface area contributed by atoms with E-state index in [9.17, 15) is 0 Å². The number of hydrogen-bond acceptors (Lipinski definition) is 2. The number of aliphatic hydroxyl groups is 1. The van der Waals surface area contributed by atoms with Gasteiger partial charge in [-0.1, -0.05) is 39.8 Å². The molecular weight excluding hydrogens is 212 g/mol. The zero-order valence-corrected chi connectivity index (χ0v) is 11.6. The van der Waals surface area contributed by atoms with Crippen LogP contribution in [0.25, 0.3) is 0 Å². The highest BCUT2D eigenvalue weighted by Gasteiger charge is 2.16. The second kappa shape index (κ2) is 6.06. The molecule has 0 aliphatic rings. The van der Waals surface area contributed by atoms with Crippen molar-refractivity contribution in [3.8, 4) is 5.75 Å². The summed E-state index contributed by atoms with van der Waals surface area (Å²) in [6, 6.07) is 4.32. The van der Waals surface area contributed by atoms with Crippen molar-refractivity contribution >= 4 is 0 Å². The second-order valence-electron chi connectivity index (χ2n) is 5.09. The predicted octanol–water partition coefficient (Wildman–Crippen LogP) is 3.48. The van der Waals surface area contributed by atoms with E-state index < -0.39 is 0 Å². The lowest BCUT2D eigenvalue weighted by Crippen LogP contribution is -2.04. The highest BCUT2D eigenvalue weighted by Crippen LogP contribution is 2.35. The van der Waals surface area contributed by atoms with Gasteiger partial charge in [-0.3, -0.25) is 0 Å². The average Bonchev–Trinajstić information content (AvgIpc) is 2.28. The predicted molar refractivity (Wildman–Crippen MR) is 72.0 cm³/mol. The first-order chi connectivity index (χ1) is 8.01. The van der Waals surface area contributed by atoms with Crippen molar-refractivity contribution in [3.05, 3.63) is 28.8 Å². The van der Waals surface area contributed by atoms with Crippen LogP contribution in [-0.2, 0) is 6.42 Å². The summed E-state index contributed by atoms with van der Waals surface area (Å²) in [6.07, 6.45) is 0.712. The monoisotopic (exact) mass is 236 g/mol. The van der Waals surface area contributed by atoms with Gasteiger partial charge in [0.15, 0.2) is 0 Å². The second-order valence-corrected chi connectivity index (χ2v) is 5.09. The molecule has 1 aromatic carbocycles. The van der Waals surface area contributed by atoms with Crippen molar-refractivity contribution in [1.82, 2.24) is 0 Å². The SMILES string of the molecule is COc1c(C(C)C)cc(CCO)cc1C(C)C. The summed E-state index contributed by atoms with van der Waals surface area (Å²) in [5.74, 6) is 1.87. The Balaban J connectivity index is 3.35. The van der Waals surface area contributed by atoms with E-state index in [1.54, 1.807) is 7.11 Å². The zero-order chi connectivity index (χ0) is 13.0. The van der Waals surface area contributed by atoms with Gasteiger partial charge in [-0.05, 0) is 34.9 Å². The Morgan fingerprint density at radius 2 is 1.53 bits per heavy atom. The molecule has 0 aromatic heterocycles. The van der Waals surface area contributed by atoms with Gasteiger partial charge in [-0.15, -0.1) is 0 Å². The molecule has 17 heavy (non-hydrogen) atoms. The zero-order valence-electron chi connectivity index (χ0n) is 11.6. The lowest BCUT2D eigenvalue weighted by atomic mass is 9.91. The number of benzene rings is 1. The van der Waals surface area contributed by atoms with Crippen LogP contribution in [0.5, 0.6) is 5.75 Å². The summed E-state index contributed by atoms with van der Waals surface area (Å²) < 4.78 is 5.57. The molecule has 0 atom stereocenters. The molecule has 0 amide bonds. The maximum Gasteiger partial charge on any atom is 0.125 e. The summed E-state index contributed by atoms with van der Waals surface area (Å²) in [5.41, 5.74) is 3.67. The van der Waals surface area contributed by atoms with Crippen LogP contribution in [0, 0.1) is 0 Å². The Hall–Kier alpha value is -1.02. The van der Waals surface area contributed by atoms with Crippen molar-refractivity contribution in [2.24, 2.45) is 0 Å². The van der Waals surface area contributed by atoms with E-state index >= 15 is 0 Å². The first kappa shape index (κ1) is 14.0. The van der Waals surface area contributed by atoms with E-state index in [1.165, 1.54) is 16.7 Å². The summed E-state index contributed by atoms with van der Waals surface area (Å²) in [7, 11) is 1.73. The normalized spacial score (nSPS) is 11.3. The van der Waals surface area contributed by atoms with E-state index in [0.717, 1.165) is 5.75 Å². The summed E-state index contributed by atoms with van der Waals surface area (Å²) >= 11 is 0. The maximum atomic E-state index is 9.07. The number of rotatable bonds is 5. The van der Waals surface area contributed by atoms with E-state index in [-0.39, 0.29) is 6.61 Å². The van der Waals surface area contributed by atoms with E-state index in [0.29, 0.717) is 18.3 Å². The van der Waals surface area contributed by atoms with Crippen molar-refractivity contribution in [2.75, 3.05) is 13.7 Å². The first-order valence-electron chi connectivity index (χ1n) is 6.32. The summed E-state index contributed by atoms with van der Waals surface area (Å²) in [4.78, 5) is 0.